The highest BCUT2D eigenvalue weighted by Crippen LogP contribution is 2.35. The number of unbranched alkanes of at least 4 members (excludes halogenated alkanes) is 1. The van der Waals surface area contributed by atoms with Crippen molar-refractivity contribution in [3.8, 4) is 28.7 Å². The number of nitrogens with one attached hydrogen (secondary N) is 1. The molecular weight excluding hydrogens is 624 g/mol. The SMILES string of the molecule is CCCCNCc1cc(Cl)c(OCc2cccc(-c3ccc4oc(N5CCN(C)CC5)nc4c3)c2C)cc1OCc1cncc(C#N)c1. The fourth-order valence-corrected chi connectivity index (χ4v) is 6.04. The van der Waals surface area contributed by atoms with E-state index in [2.05, 4.69) is 71.3 Å². The van der Waals surface area contributed by atoms with Gasteiger partial charge in [0.15, 0.2) is 5.58 Å². The van der Waals surface area contributed by atoms with E-state index in [0.29, 0.717) is 41.3 Å². The van der Waals surface area contributed by atoms with Crippen LogP contribution in [0.5, 0.6) is 11.5 Å². The third-order valence-electron chi connectivity index (χ3n) is 8.75. The molecule has 0 unspecified atom stereocenters. The Morgan fingerprint density at radius 2 is 1.81 bits per heavy atom. The maximum atomic E-state index is 9.27. The van der Waals surface area contributed by atoms with Gasteiger partial charge in [-0.15, -0.1) is 0 Å². The summed E-state index contributed by atoms with van der Waals surface area (Å²) in [6, 6.07) is 20.8. The van der Waals surface area contributed by atoms with Crippen molar-refractivity contribution in [3.63, 3.8) is 0 Å². The number of ether oxygens (including phenoxy) is 2. The summed E-state index contributed by atoms with van der Waals surface area (Å²) < 4.78 is 18.7. The van der Waals surface area contributed by atoms with Gasteiger partial charge in [0.25, 0.3) is 6.01 Å². The minimum Gasteiger partial charge on any atom is -0.488 e. The lowest BCUT2D eigenvalue weighted by Crippen LogP contribution is -2.44. The molecule has 1 aliphatic rings. The summed E-state index contributed by atoms with van der Waals surface area (Å²) >= 11 is 6.78. The molecule has 1 N–H and O–H groups in total. The van der Waals surface area contributed by atoms with Gasteiger partial charge in [0.05, 0.1) is 10.6 Å². The van der Waals surface area contributed by atoms with E-state index in [9.17, 15) is 5.26 Å². The molecule has 0 radical (unpaired) electrons. The number of likely N-dealkylation sites (N-methyl/N-ethyl adjacent to an activating group) is 1. The van der Waals surface area contributed by atoms with Crippen molar-refractivity contribution in [2.45, 2.75) is 46.4 Å². The number of nitriles is 1. The van der Waals surface area contributed by atoms with Gasteiger partial charge in [-0.2, -0.15) is 10.2 Å². The maximum Gasteiger partial charge on any atom is 0.298 e. The van der Waals surface area contributed by atoms with Crippen LogP contribution in [0, 0.1) is 18.3 Å². The van der Waals surface area contributed by atoms with Crippen LogP contribution < -0.4 is 19.7 Å². The predicted molar refractivity (Wildman–Crippen MR) is 190 cm³/mol. The van der Waals surface area contributed by atoms with Crippen LogP contribution in [0.15, 0.2) is 71.4 Å². The molecule has 1 fully saturated rings. The third kappa shape index (κ3) is 7.91. The Morgan fingerprint density at radius 1 is 0.979 bits per heavy atom. The number of rotatable bonds is 13. The average molecular weight is 665 g/mol. The normalized spacial score (nSPS) is 13.5. The van der Waals surface area contributed by atoms with Crippen molar-refractivity contribution in [2.24, 2.45) is 0 Å². The quantitative estimate of drug-likeness (QED) is 0.128. The van der Waals surface area contributed by atoms with Crippen molar-refractivity contribution in [3.05, 3.63) is 99.8 Å². The number of nitrogens with zero attached hydrogens (tertiary/aromatic N) is 5. The number of hydrogen-bond acceptors (Lipinski definition) is 9. The van der Waals surface area contributed by atoms with Crippen LogP contribution in [0.2, 0.25) is 5.02 Å². The second-order valence-corrected chi connectivity index (χ2v) is 12.7. The van der Waals surface area contributed by atoms with Crippen molar-refractivity contribution >= 4 is 28.7 Å². The van der Waals surface area contributed by atoms with E-state index in [1.54, 1.807) is 12.3 Å². The van der Waals surface area contributed by atoms with Gasteiger partial charge in [-0.3, -0.25) is 4.98 Å². The molecule has 248 valence electrons. The minimum atomic E-state index is 0.263. The number of benzene rings is 3. The summed E-state index contributed by atoms with van der Waals surface area (Å²) in [4.78, 5) is 13.5. The van der Waals surface area contributed by atoms with Crippen LogP contribution in [-0.4, -0.2) is 54.6 Å². The summed E-state index contributed by atoms with van der Waals surface area (Å²) in [5, 5.41) is 13.3. The van der Waals surface area contributed by atoms with Gasteiger partial charge in [0, 0.05) is 62.3 Å². The van der Waals surface area contributed by atoms with Crippen molar-refractivity contribution in [2.75, 3.05) is 44.7 Å². The summed E-state index contributed by atoms with van der Waals surface area (Å²) in [5.41, 5.74) is 8.22. The molecule has 0 bridgehead atoms. The first-order valence-electron chi connectivity index (χ1n) is 16.5. The molecule has 9 nitrogen and oxygen atoms in total. The zero-order valence-electron chi connectivity index (χ0n) is 27.8. The van der Waals surface area contributed by atoms with Crippen LogP contribution in [0.1, 0.15) is 47.6 Å². The minimum absolute atomic E-state index is 0.263. The number of piperazine rings is 1. The predicted octanol–water partition coefficient (Wildman–Crippen LogP) is 7.52. The lowest BCUT2D eigenvalue weighted by atomic mass is 9.96. The number of hydrogen-bond donors (Lipinski definition) is 1. The van der Waals surface area contributed by atoms with Crippen molar-refractivity contribution in [1.29, 1.82) is 5.26 Å². The van der Waals surface area contributed by atoms with Crippen LogP contribution in [0.3, 0.4) is 0 Å². The second-order valence-electron chi connectivity index (χ2n) is 12.3. The standard InChI is InChI=1S/C38H41ClN6O3/c1-4-5-11-41-23-31-17-33(39)37(19-36(31)46-24-28-16-27(20-40)21-42-22-28)47-25-30-7-6-8-32(26(30)2)29-9-10-35-34(18-29)43-38(48-35)45-14-12-44(3)13-15-45/h6-10,16-19,21-22,41H,4-5,11-15,23-25H2,1-3H3. The zero-order valence-corrected chi connectivity index (χ0v) is 28.5. The lowest BCUT2D eigenvalue weighted by Gasteiger charge is -2.31. The molecule has 0 amide bonds. The molecule has 6 rings (SSSR count). The van der Waals surface area contributed by atoms with Gasteiger partial charge in [0.1, 0.15) is 36.3 Å². The Kier molecular flexibility index (Phi) is 10.8. The van der Waals surface area contributed by atoms with Crippen LogP contribution >= 0.6 is 11.6 Å². The monoisotopic (exact) mass is 664 g/mol. The number of aromatic nitrogens is 2. The molecule has 3 heterocycles. The summed E-state index contributed by atoms with van der Waals surface area (Å²) in [7, 11) is 2.14. The largest absolute Gasteiger partial charge is 0.488 e. The first-order chi connectivity index (χ1) is 23.4. The molecule has 0 atom stereocenters. The van der Waals surface area contributed by atoms with Crippen molar-refractivity contribution in [1.82, 2.24) is 20.2 Å². The molecule has 48 heavy (non-hydrogen) atoms. The van der Waals surface area contributed by atoms with Gasteiger partial charge in [-0.05, 0) is 73.5 Å². The van der Waals surface area contributed by atoms with Crippen LogP contribution in [0.25, 0.3) is 22.2 Å². The van der Waals surface area contributed by atoms with Gasteiger partial charge in [-0.1, -0.05) is 49.2 Å². The number of anilines is 1. The van der Waals surface area contributed by atoms with E-state index in [1.165, 1.54) is 6.20 Å². The first-order valence-corrected chi connectivity index (χ1v) is 16.9. The van der Waals surface area contributed by atoms with E-state index >= 15 is 0 Å². The fourth-order valence-electron chi connectivity index (χ4n) is 5.80. The molecule has 0 saturated carbocycles. The molecular formula is C38H41ClN6O3. The van der Waals surface area contributed by atoms with Gasteiger partial charge in [-0.25, -0.2) is 0 Å². The molecule has 1 saturated heterocycles. The Balaban J connectivity index is 1.19. The highest BCUT2D eigenvalue weighted by atomic mass is 35.5. The van der Waals surface area contributed by atoms with E-state index in [-0.39, 0.29) is 6.61 Å². The summed E-state index contributed by atoms with van der Waals surface area (Å²) in [6.45, 7) is 10.2. The second kappa shape index (κ2) is 15.5. The van der Waals surface area contributed by atoms with Crippen LogP contribution in [-0.2, 0) is 19.8 Å². The van der Waals surface area contributed by atoms with Gasteiger partial charge in [0.2, 0.25) is 0 Å². The van der Waals surface area contributed by atoms with E-state index < -0.39 is 0 Å². The van der Waals surface area contributed by atoms with E-state index in [0.717, 1.165) is 90.0 Å². The zero-order chi connectivity index (χ0) is 33.5. The van der Waals surface area contributed by atoms with Gasteiger partial charge >= 0.3 is 0 Å². The maximum absolute atomic E-state index is 9.27. The molecule has 0 aliphatic carbocycles. The molecule has 5 aromatic rings. The Hall–Kier alpha value is -4.62. The molecule has 10 heteroatoms. The highest BCUT2D eigenvalue weighted by Gasteiger charge is 2.20. The van der Waals surface area contributed by atoms with Crippen LogP contribution in [0.4, 0.5) is 6.01 Å². The topological polar surface area (TPSA) is 99.7 Å². The number of fused-ring (bicyclic) bond motifs is 1. The van der Waals surface area contributed by atoms with E-state index in [4.69, 9.17) is 30.5 Å². The summed E-state index contributed by atoms with van der Waals surface area (Å²) in [6.07, 6.45) is 5.44. The number of oxazole rings is 1. The fraction of sp³-hybridized carbons (Fsp3) is 0.342. The first kappa shape index (κ1) is 33.3. The Bertz CT molecular complexity index is 1910. The molecule has 1 aliphatic heterocycles. The molecule has 3 aromatic carbocycles. The Morgan fingerprint density at radius 3 is 2.62 bits per heavy atom. The summed E-state index contributed by atoms with van der Waals surface area (Å²) in [5.74, 6) is 1.21. The van der Waals surface area contributed by atoms with Crippen molar-refractivity contribution < 1.29 is 13.9 Å². The molecule has 0 spiro atoms. The number of halogens is 1. The van der Waals surface area contributed by atoms with E-state index in [1.807, 2.05) is 24.3 Å². The number of pyridine rings is 1. The third-order valence-corrected chi connectivity index (χ3v) is 9.04. The van der Waals surface area contributed by atoms with Gasteiger partial charge < -0.3 is 29.0 Å². The molecule has 2 aromatic heterocycles. The highest BCUT2D eigenvalue weighted by molar-refractivity contribution is 6.32. The smallest absolute Gasteiger partial charge is 0.298 e. The Labute approximate surface area is 287 Å². The average Bonchev–Trinajstić information content (AvgIpc) is 3.54. The lowest BCUT2D eigenvalue weighted by molar-refractivity contribution is 0.287.